The molecule has 0 spiro atoms. The molecule has 1 aromatic carbocycles. The summed E-state index contributed by atoms with van der Waals surface area (Å²) < 4.78 is 17.2. The summed E-state index contributed by atoms with van der Waals surface area (Å²) in [6, 6.07) is 1.68. The van der Waals surface area contributed by atoms with Crippen molar-refractivity contribution in [2.75, 3.05) is 6.61 Å². The molecule has 1 aromatic rings. The van der Waals surface area contributed by atoms with Crippen LogP contribution in [0.15, 0.2) is 23.8 Å². The van der Waals surface area contributed by atoms with Gasteiger partial charge in [0.05, 0.1) is 11.2 Å². The minimum absolute atomic E-state index is 0.342. The van der Waals surface area contributed by atoms with Crippen molar-refractivity contribution < 1.29 is 64.7 Å². The molecule has 0 aromatic heterocycles. The number of phenolic OH excluding ortho intramolecular Hbond substituents is 3. The largest absolute Gasteiger partial charge is 0.504 e. The second-order valence-electron chi connectivity index (χ2n) is 12.7. The molecule has 1 aliphatic heterocycles. The Kier molecular flexibility index (Phi) is 8.62. The Morgan fingerprint density at radius 3 is 1.90 bits per heavy atom. The molecule has 13 heteroatoms. The van der Waals surface area contributed by atoms with E-state index in [1.54, 1.807) is 27.7 Å². The first-order valence-corrected chi connectivity index (χ1v) is 13.4. The van der Waals surface area contributed by atoms with Gasteiger partial charge in [0.15, 0.2) is 34.9 Å². The van der Waals surface area contributed by atoms with Gasteiger partial charge in [-0.2, -0.15) is 0 Å². The molecule has 2 aliphatic rings. The number of ether oxygens (including phenoxy) is 3. The maximum atomic E-state index is 13.4. The number of aromatic hydroxyl groups is 3. The molecule has 0 radical (unpaired) electrons. The molecule has 5 unspecified atom stereocenters. The second kappa shape index (κ2) is 10.7. The molecule has 1 saturated heterocycles. The van der Waals surface area contributed by atoms with E-state index in [-0.39, 0.29) is 5.56 Å². The molecular weight excluding hydrogens is 556 g/mol. The van der Waals surface area contributed by atoms with Crippen LogP contribution in [-0.2, 0) is 19.0 Å². The molecule has 3 rings (SSSR count). The van der Waals surface area contributed by atoms with E-state index in [1.807, 2.05) is 0 Å². The van der Waals surface area contributed by atoms with Crippen molar-refractivity contribution in [3.63, 3.8) is 0 Å². The van der Waals surface area contributed by atoms with E-state index in [1.165, 1.54) is 33.8 Å². The number of esters is 1. The zero-order valence-corrected chi connectivity index (χ0v) is 24.9. The van der Waals surface area contributed by atoms with Crippen LogP contribution in [0.25, 0.3) is 0 Å². The van der Waals surface area contributed by atoms with Crippen LogP contribution in [0.5, 0.6) is 17.2 Å². The summed E-state index contributed by atoms with van der Waals surface area (Å²) in [7, 11) is 0. The normalized spacial score (nSPS) is 37.2. The third-order valence-corrected chi connectivity index (χ3v) is 9.69. The van der Waals surface area contributed by atoms with Gasteiger partial charge in [0.25, 0.3) is 0 Å². The fourth-order valence-electron chi connectivity index (χ4n) is 6.21. The molecule has 13 nitrogen and oxygen atoms in total. The van der Waals surface area contributed by atoms with Gasteiger partial charge in [-0.25, -0.2) is 4.79 Å². The highest BCUT2D eigenvalue weighted by Gasteiger charge is 2.82. The lowest BCUT2D eigenvalue weighted by Crippen LogP contribution is -2.64. The average Bonchev–Trinajstić information content (AvgIpc) is 2.94. The molecule has 1 heterocycles. The minimum atomic E-state index is -2.39. The molecule has 1 aliphatic carbocycles. The van der Waals surface area contributed by atoms with Crippen LogP contribution in [0.1, 0.15) is 65.7 Å². The number of phenols is 3. The van der Waals surface area contributed by atoms with E-state index in [2.05, 4.69) is 0 Å². The van der Waals surface area contributed by atoms with Crippen molar-refractivity contribution in [2.45, 2.75) is 103 Å². The number of hydrogen-bond donors (Lipinski definition) is 8. The van der Waals surface area contributed by atoms with Crippen molar-refractivity contribution in [1.29, 1.82) is 0 Å². The van der Waals surface area contributed by atoms with Gasteiger partial charge in [0.1, 0.15) is 36.6 Å². The first-order valence-electron chi connectivity index (χ1n) is 13.4. The second-order valence-corrected chi connectivity index (χ2v) is 12.7. The average molecular weight is 599 g/mol. The van der Waals surface area contributed by atoms with E-state index < -0.39 is 93.9 Å². The molecule has 8 N–H and O–H groups in total. The molecule has 236 valence electrons. The van der Waals surface area contributed by atoms with E-state index in [0.717, 1.165) is 12.1 Å². The Morgan fingerprint density at radius 2 is 1.40 bits per heavy atom. The lowest BCUT2D eigenvalue weighted by atomic mass is 9.65. The van der Waals surface area contributed by atoms with Crippen molar-refractivity contribution >= 4 is 11.8 Å². The molecule has 1 saturated carbocycles. The predicted molar refractivity (Wildman–Crippen MR) is 145 cm³/mol. The smallest absolute Gasteiger partial charge is 0.338 e. The lowest BCUT2D eigenvalue weighted by Gasteiger charge is -2.51. The number of benzene rings is 1. The number of aliphatic hydroxyl groups excluding tert-OH is 3. The van der Waals surface area contributed by atoms with Crippen LogP contribution in [0.3, 0.4) is 0 Å². The highest BCUT2D eigenvalue weighted by molar-refractivity contribution is 6.00. The summed E-state index contributed by atoms with van der Waals surface area (Å²) >= 11 is 0. The van der Waals surface area contributed by atoms with Crippen molar-refractivity contribution in [3.8, 4) is 17.2 Å². The standard InChI is InChI=1S/C29H42O13/c1-13(2)9-18(32)29(39)26(5,6)28(8,25(3,4)27(29,7)38)42-24-22(36)21(35)20(34)17(41-24)12-40-23(37)14-10-15(30)19(33)16(31)11-14/h9-11,17,20-22,24,30-31,33-36,38-39H,12H2,1-8H3/t17?,20?,21?,22?,24?,27-,28-,29-/m1/s1. The van der Waals surface area contributed by atoms with Crippen LogP contribution >= 0.6 is 0 Å². The van der Waals surface area contributed by atoms with Crippen molar-refractivity contribution in [1.82, 2.24) is 0 Å². The summed E-state index contributed by atoms with van der Waals surface area (Å²) in [5, 5.41) is 84.6. The van der Waals surface area contributed by atoms with Crippen LogP contribution < -0.4 is 0 Å². The lowest BCUT2D eigenvalue weighted by molar-refractivity contribution is -0.348. The van der Waals surface area contributed by atoms with Gasteiger partial charge in [-0.1, -0.05) is 33.3 Å². The molecule has 2 fully saturated rings. The Morgan fingerprint density at radius 1 is 0.881 bits per heavy atom. The Bertz CT molecular complexity index is 1240. The van der Waals surface area contributed by atoms with E-state index in [0.29, 0.717) is 5.57 Å². The number of allylic oxidation sites excluding steroid dienone is 1. The predicted octanol–water partition coefficient (Wildman–Crippen LogP) is 0.626. The first-order chi connectivity index (χ1) is 19.0. The summed E-state index contributed by atoms with van der Waals surface area (Å²) in [4.78, 5) is 25.9. The molecule has 8 atom stereocenters. The summed E-state index contributed by atoms with van der Waals surface area (Å²) in [6.45, 7) is 11.7. The van der Waals surface area contributed by atoms with E-state index in [4.69, 9.17) is 14.2 Å². The zero-order valence-electron chi connectivity index (χ0n) is 24.9. The van der Waals surface area contributed by atoms with E-state index >= 15 is 0 Å². The maximum Gasteiger partial charge on any atom is 0.338 e. The van der Waals surface area contributed by atoms with Gasteiger partial charge >= 0.3 is 5.97 Å². The quantitative estimate of drug-likeness (QED) is 0.123. The number of hydrogen-bond acceptors (Lipinski definition) is 13. The summed E-state index contributed by atoms with van der Waals surface area (Å²) in [5.74, 6) is -4.24. The van der Waals surface area contributed by atoms with Crippen LogP contribution in [0.4, 0.5) is 0 Å². The zero-order chi connectivity index (χ0) is 32.4. The van der Waals surface area contributed by atoms with Crippen molar-refractivity contribution in [2.24, 2.45) is 10.8 Å². The van der Waals surface area contributed by atoms with Gasteiger partial charge in [0.2, 0.25) is 0 Å². The van der Waals surface area contributed by atoms with Gasteiger partial charge in [-0.3, -0.25) is 4.79 Å². The number of carbonyl (C=O) groups excluding carboxylic acids is 2. The molecule has 0 amide bonds. The van der Waals surface area contributed by atoms with Gasteiger partial charge in [0, 0.05) is 10.8 Å². The van der Waals surface area contributed by atoms with Crippen LogP contribution in [0, 0.1) is 10.8 Å². The van der Waals surface area contributed by atoms with E-state index in [9.17, 15) is 50.4 Å². The minimum Gasteiger partial charge on any atom is -0.504 e. The monoisotopic (exact) mass is 598 g/mol. The fraction of sp³-hybridized carbons (Fsp3) is 0.655. The first kappa shape index (κ1) is 33.7. The topological polar surface area (TPSA) is 224 Å². The molecule has 42 heavy (non-hydrogen) atoms. The summed E-state index contributed by atoms with van der Waals surface area (Å²) in [6.07, 6.45) is -7.38. The van der Waals surface area contributed by atoms with Gasteiger partial charge in [-0.05, 0) is 45.9 Å². The number of rotatable bonds is 7. The number of ketones is 1. The third kappa shape index (κ3) is 4.67. The maximum absolute atomic E-state index is 13.4. The highest BCUT2D eigenvalue weighted by atomic mass is 16.7. The number of carbonyl (C=O) groups is 2. The number of aliphatic hydroxyl groups is 5. The van der Waals surface area contributed by atoms with Crippen molar-refractivity contribution in [3.05, 3.63) is 29.3 Å². The Balaban J connectivity index is 1.93. The molecular formula is C29H42O13. The SMILES string of the molecule is CC(C)=CC(=O)[C@@]1(O)C(C)(C)[C@](C)(OC2OC(COC(=O)c3cc(O)c(O)c(O)c3)C(O)C(O)C2O)C(C)(C)[C@@]1(C)O. The fourth-order valence-corrected chi connectivity index (χ4v) is 6.21. The van der Waals surface area contributed by atoms with Crippen LogP contribution in [-0.4, -0.2) is 107 Å². The Labute approximate surface area is 243 Å². The highest BCUT2D eigenvalue weighted by Crippen LogP contribution is 2.68. The Hall–Kier alpha value is -2.78. The van der Waals surface area contributed by atoms with Gasteiger partial charge in [-0.15, -0.1) is 0 Å². The third-order valence-electron chi connectivity index (χ3n) is 9.69. The van der Waals surface area contributed by atoms with Gasteiger partial charge < -0.3 is 55.1 Å². The van der Waals surface area contributed by atoms with Crippen LogP contribution in [0.2, 0.25) is 0 Å². The molecule has 0 bridgehead atoms. The summed E-state index contributed by atoms with van der Waals surface area (Å²) in [5.41, 5.74) is -8.82.